The van der Waals surface area contributed by atoms with E-state index in [1.807, 2.05) is 45.9 Å². The second-order valence-corrected chi connectivity index (χ2v) is 5.39. The molecule has 20 heavy (non-hydrogen) atoms. The van der Waals surface area contributed by atoms with Crippen LogP contribution in [0.25, 0.3) is 0 Å². The first kappa shape index (κ1) is 16.5. The molecule has 3 atom stereocenters. The Balaban J connectivity index is 2.83. The summed E-state index contributed by atoms with van der Waals surface area (Å²) < 4.78 is 5.35. The Hall–Kier alpha value is -1.55. The third-order valence-electron chi connectivity index (χ3n) is 3.77. The molecule has 112 valence electrons. The van der Waals surface area contributed by atoms with Crippen molar-refractivity contribution in [1.82, 2.24) is 5.32 Å². The van der Waals surface area contributed by atoms with Gasteiger partial charge in [-0.05, 0) is 25.8 Å². The first-order chi connectivity index (χ1) is 9.40. The van der Waals surface area contributed by atoms with Gasteiger partial charge in [0, 0.05) is 5.56 Å². The van der Waals surface area contributed by atoms with E-state index in [1.54, 1.807) is 7.11 Å². The average molecular weight is 278 g/mol. The maximum absolute atomic E-state index is 12.1. The lowest BCUT2D eigenvalue weighted by molar-refractivity contribution is -0.124. The van der Waals surface area contributed by atoms with Crippen molar-refractivity contribution in [3.63, 3.8) is 0 Å². The van der Waals surface area contributed by atoms with Crippen molar-refractivity contribution in [2.45, 2.75) is 46.2 Å². The zero-order chi connectivity index (χ0) is 15.3. The molecule has 0 radical (unpaired) electrons. The minimum atomic E-state index is -0.474. The summed E-state index contributed by atoms with van der Waals surface area (Å²) in [7, 11) is 1.63. The molecule has 0 spiro atoms. The Bertz CT molecular complexity index is 460. The smallest absolute Gasteiger partial charge is 0.237 e. The lowest BCUT2D eigenvalue weighted by Crippen LogP contribution is -2.45. The van der Waals surface area contributed by atoms with Crippen LogP contribution < -0.4 is 15.8 Å². The van der Waals surface area contributed by atoms with E-state index in [0.717, 1.165) is 23.3 Å². The molecule has 1 amide bonds. The summed E-state index contributed by atoms with van der Waals surface area (Å²) in [6.07, 6.45) is 0.886. The Morgan fingerprint density at radius 3 is 2.60 bits per heavy atom. The number of nitrogens with one attached hydrogen (secondary N) is 1. The van der Waals surface area contributed by atoms with E-state index in [2.05, 4.69) is 5.32 Å². The van der Waals surface area contributed by atoms with Crippen LogP contribution in [-0.2, 0) is 4.79 Å². The summed E-state index contributed by atoms with van der Waals surface area (Å²) >= 11 is 0. The molecule has 4 nitrogen and oxygen atoms in total. The molecule has 0 saturated heterocycles. The van der Waals surface area contributed by atoms with Gasteiger partial charge in [0.15, 0.2) is 0 Å². The summed E-state index contributed by atoms with van der Waals surface area (Å²) in [6.45, 7) is 7.98. The summed E-state index contributed by atoms with van der Waals surface area (Å²) in [6, 6.07) is 5.33. The Morgan fingerprint density at radius 2 is 2.05 bits per heavy atom. The van der Waals surface area contributed by atoms with Crippen LogP contribution in [0.1, 0.15) is 44.4 Å². The quantitative estimate of drug-likeness (QED) is 0.840. The Morgan fingerprint density at radius 1 is 1.40 bits per heavy atom. The predicted octanol–water partition coefficient (Wildman–Crippen LogP) is 2.55. The van der Waals surface area contributed by atoms with Crippen LogP contribution in [0.2, 0.25) is 0 Å². The summed E-state index contributed by atoms with van der Waals surface area (Å²) in [4.78, 5) is 12.1. The van der Waals surface area contributed by atoms with Gasteiger partial charge in [0.25, 0.3) is 0 Å². The summed E-state index contributed by atoms with van der Waals surface area (Å²) in [5.74, 6) is 0.831. The van der Waals surface area contributed by atoms with Gasteiger partial charge in [-0.15, -0.1) is 0 Å². The van der Waals surface area contributed by atoms with Gasteiger partial charge in [-0.25, -0.2) is 0 Å². The maximum atomic E-state index is 12.1. The number of methoxy groups -OCH3 is 1. The predicted molar refractivity (Wildman–Crippen MR) is 81.7 cm³/mol. The molecular weight excluding hydrogens is 252 g/mol. The van der Waals surface area contributed by atoms with Gasteiger partial charge in [0.2, 0.25) is 5.91 Å². The number of aryl methyl sites for hydroxylation is 1. The van der Waals surface area contributed by atoms with Gasteiger partial charge in [0.05, 0.1) is 19.2 Å². The summed E-state index contributed by atoms with van der Waals surface area (Å²) in [5.41, 5.74) is 8.06. The highest BCUT2D eigenvalue weighted by molar-refractivity contribution is 5.82. The monoisotopic (exact) mass is 278 g/mol. The zero-order valence-corrected chi connectivity index (χ0v) is 13.1. The Labute approximate surface area is 121 Å². The van der Waals surface area contributed by atoms with Crippen LogP contribution in [0.4, 0.5) is 0 Å². The minimum Gasteiger partial charge on any atom is -0.496 e. The van der Waals surface area contributed by atoms with E-state index in [-0.39, 0.29) is 17.9 Å². The normalized spacial score (nSPS) is 15.3. The number of carbonyl (C=O) groups is 1. The first-order valence-corrected chi connectivity index (χ1v) is 7.11. The number of amides is 1. The van der Waals surface area contributed by atoms with Crippen molar-refractivity contribution in [2.75, 3.05) is 7.11 Å². The molecule has 0 aromatic heterocycles. The van der Waals surface area contributed by atoms with Crippen molar-refractivity contribution < 1.29 is 9.53 Å². The lowest BCUT2D eigenvalue weighted by Gasteiger charge is -2.22. The van der Waals surface area contributed by atoms with Gasteiger partial charge in [0.1, 0.15) is 5.75 Å². The molecule has 0 fully saturated rings. The molecule has 1 rings (SSSR count). The van der Waals surface area contributed by atoms with E-state index >= 15 is 0 Å². The van der Waals surface area contributed by atoms with E-state index in [1.165, 1.54) is 0 Å². The van der Waals surface area contributed by atoms with Crippen LogP contribution in [0.3, 0.4) is 0 Å². The summed E-state index contributed by atoms with van der Waals surface area (Å²) in [5, 5.41) is 2.97. The number of nitrogens with two attached hydrogens (primary N) is 1. The SMILES string of the molecule is CCC(C)[C@H](N)C(=O)NC(C)c1cc(C)ccc1OC. The van der Waals surface area contributed by atoms with Crippen molar-refractivity contribution in [2.24, 2.45) is 11.7 Å². The van der Waals surface area contributed by atoms with Gasteiger partial charge >= 0.3 is 0 Å². The van der Waals surface area contributed by atoms with E-state index in [4.69, 9.17) is 10.5 Å². The van der Waals surface area contributed by atoms with Gasteiger partial charge < -0.3 is 15.8 Å². The number of carbonyl (C=O) groups excluding carboxylic acids is 1. The lowest BCUT2D eigenvalue weighted by atomic mass is 9.98. The van der Waals surface area contributed by atoms with Crippen molar-refractivity contribution in [1.29, 1.82) is 0 Å². The second-order valence-electron chi connectivity index (χ2n) is 5.39. The number of hydrogen-bond acceptors (Lipinski definition) is 3. The van der Waals surface area contributed by atoms with Gasteiger partial charge in [-0.2, -0.15) is 0 Å². The fourth-order valence-electron chi connectivity index (χ4n) is 2.09. The van der Waals surface area contributed by atoms with Gasteiger partial charge in [-0.3, -0.25) is 4.79 Å². The largest absolute Gasteiger partial charge is 0.496 e. The molecule has 0 bridgehead atoms. The third kappa shape index (κ3) is 3.97. The Kier molecular flexibility index (Phi) is 6.02. The standard InChI is InChI=1S/C16H26N2O2/c1-6-11(3)15(17)16(19)18-12(4)13-9-10(2)7-8-14(13)20-5/h7-9,11-12,15H,6,17H2,1-5H3,(H,18,19)/t11?,12?,15-/m0/s1. The molecule has 3 N–H and O–H groups in total. The molecule has 2 unspecified atom stereocenters. The molecule has 0 aliphatic rings. The fourth-order valence-corrected chi connectivity index (χ4v) is 2.09. The highest BCUT2D eigenvalue weighted by Gasteiger charge is 2.22. The molecule has 0 heterocycles. The second kappa shape index (κ2) is 7.29. The number of benzene rings is 1. The minimum absolute atomic E-state index is 0.115. The molecule has 1 aromatic carbocycles. The van der Waals surface area contributed by atoms with E-state index in [9.17, 15) is 4.79 Å². The molecule has 0 saturated carbocycles. The zero-order valence-electron chi connectivity index (χ0n) is 13.1. The van der Waals surface area contributed by atoms with E-state index in [0.29, 0.717) is 0 Å². The van der Waals surface area contributed by atoms with Crippen LogP contribution in [-0.4, -0.2) is 19.1 Å². The molecule has 4 heteroatoms. The van der Waals surface area contributed by atoms with Crippen molar-refractivity contribution >= 4 is 5.91 Å². The molecule has 0 aliphatic carbocycles. The number of ether oxygens (including phenoxy) is 1. The average Bonchev–Trinajstić information content (AvgIpc) is 2.45. The fraction of sp³-hybridized carbons (Fsp3) is 0.562. The van der Waals surface area contributed by atoms with Crippen molar-refractivity contribution in [3.05, 3.63) is 29.3 Å². The maximum Gasteiger partial charge on any atom is 0.237 e. The highest BCUT2D eigenvalue weighted by Crippen LogP contribution is 2.26. The topological polar surface area (TPSA) is 64.4 Å². The van der Waals surface area contributed by atoms with Crippen LogP contribution >= 0.6 is 0 Å². The van der Waals surface area contributed by atoms with Crippen LogP contribution in [0, 0.1) is 12.8 Å². The molecule has 1 aromatic rings. The third-order valence-corrected chi connectivity index (χ3v) is 3.77. The number of rotatable bonds is 6. The molecular formula is C16H26N2O2. The van der Waals surface area contributed by atoms with E-state index < -0.39 is 6.04 Å². The van der Waals surface area contributed by atoms with Crippen LogP contribution in [0.15, 0.2) is 18.2 Å². The first-order valence-electron chi connectivity index (χ1n) is 7.11. The highest BCUT2D eigenvalue weighted by atomic mass is 16.5. The van der Waals surface area contributed by atoms with Gasteiger partial charge in [-0.1, -0.05) is 38.0 Å². The number of hydrogen-bond donors (Lipinski definition) is 2. The van der Waals surface area contributed by atoms with Crippen molar-refractivity contribution in [3.8, 4) is 5.75 Å². The molecule has 0 aliphatic heterocycles. The van der Waals surface area contributed by atoms with Crippen LogP contribution in [0.5, 0.6) is 5.75 Å².